The molecule has 152 valence electrons. The lowest BCUT2D eigenvalue weighted by atomic mass is 9.97. The Morgan fingerprint density at radius 1 is 1.17 bits per heavy atom. The van der Waals surface area contributed by atoms with Crippen LogP contribution in [0.25, 0.3) is 0 Å². The van der Waals surface area contributed by atoms with Crippen molar-refractivity contribution in [3.63, 3.8) is 0 Å². The van der Waals surface area contributed by atoms with E-state index in [-0.39, 0.29) is 5.75 Å². The average Bonchev–Trinajstić information content (AvgIpc) is 2.88. The minimum absolute atomic E-state index is 0.0673. The molecule has 0 bridgehead atoms. The maximum atomic E-state index is 13.3. The Hall–Kier alpha value is -2.95. The van der Waals surface area contributed by atoms with Crippen molar-refractivity contribution in [3.8, 4) is 0 Å². The molecule has 1 aromatic rings. The van der Waals surface area contributed by atoms with Gasteiger partial charge in [-0.15, -0.1) is 16.7 Å². The van der Waals surface area contributed by atoms with Crippen LogP contribution in [0.3, 0.4) is 0 Å². The number of thioether (sulfide) groups is 1. The van der Waals surface area contributed by atoms with Crippen LogP contribution in [0.4, 0.5) is 0 Å². The lowest BCUT2D eigenvalue weighted by Gasteiger charge is -2.55. The van der Waals surface area contributed by atoms with E-state index >= 15 is 0 Å². The van der Waals surface area contributed by atoms with Gasteiger partial charge in [0, 0.05) is 0 Å². The zero-order valence-electron chi connectivity index (χ0n) is 15.6. The molecule has 0 aromatic heterocycles. The van der Waals surface area contributed by atoms with Crippen LogP contribution in [0, 0.1) is 4.91 Å². The third-order valence-corrected chi connectivity index (χ3v) is 6.89. The zero-order valence-corrected chi connectivity index (χ0v) is 16.4. The third kappa shape index (κ3) is 2.56. The Morgan fingerprint density at radius 2 is 1.83 bits per heavy atom. The van der Waals surface area contributed by atoms with E-state index in [1.165, 1.54) is 4.90 Å². The Labute approximate surface area is 169 Å². The van der Waals surface area contributed by atoms with Crippen molar-refractivity contribution < 1.29 is 24.3 Å². The summed E-state index contributed by atoms with van der Waals surface area (Å²) in [6.07, 6.45) is 0. The second-order valence-electron chi connectivity index (χ2n) is 7.54. The minimum Gasteiger partial charge on any atom is -0.479 e. The van der Waals surface area contributed by atoms with Crippen LogP contribution >= 0.6 is 11.8 Å². The van der Waals surface area contributed by atoms with E-state index in [4.69, 9.17) is 0 Å². The molecular weight excluding hydrogens is 400 g/mol. The number of carboxylic acids is 1. The number of Topliss-reactive ketones (excluding diaryl/α,β-unsaturated/α-hetero) is 1. The standard InChI is InChI=1S/C18H18N4O6S/c1-18(2)21(15(25)11(22(18)19-28)9-6-4-3-5-7-9)13-14(24)20-12(17(26)27)10(23)8-29-16(13)20/h3-7,11-13,16H,8H2,1-2H3,(H,26,27)/t11?,12?,13?,16-/m0/s1. The minimum atomic E-state index is -1.55. The van der Waals surface area contributed by atoms with Crippen molar-refractivity contribution >= 4 is 35.3 Å². The molecule has 0 saturated carbocycles. The van der Waals surface area contributed by atoms with E-state index in [1.807, 2.05) is 0 Å². The van der Waals surface area contributed by atoms with Crippen LogP contribution in [0.2, 0.25) is 0 Å². The molecule has 3 aliphatic rings. The summed E-state index contributed by atoms with van der Waals surface area (Å²) in [6, 6.07) is 5.13. The number of β-lactam (4-membered cyclic amide) rings is 1. The lowest BCUT2D eigenvalue weighted by molar-refractivity contribution is -0.175. The van der Waals surface area contributed by atoms with Crippen LogP contribution in [0.1, 0.15) is 25.5 Å². The molecule has 3 aliphatic heterocycles. The molecule has 3 heterocycles. The largest absolute Gasteiger partial charge is 0.479 e. The lowest BCUT2D eigenvalue weighted by Crippen LogP contribution is -2.78. The van der Waals surface area contributed by atoms with Gasteiger partial charge < -0.3 is 14.9 Å². The first-order valence-corrected chi connectivity index (χ1v) is 9.96. The van der Waals surface area contributed by atoms with Gasteiger partial charge in [-0.2, -0.15) is 0 Å². The van der Waals surface area contributed by atoms with Gasteiger partial charge in [-0.25, -0.2) is 9.80 Å². The van der Waals surface area contributed by atoms with E-state index in [2.05, 4.69) is 5.29 Å². The second kappa shape index (κ2) is 6.55. The highest BCUT2D eigenvalue weighted by atomic mass is 32.2. The topological polar surface area (TPSA) is 128 Å². The molecule has 0 radical (unpaired) electrons. The molecule has 2 amide bonds. The number of nitrogens with zero attached hydrogens (tertiary/aromatic N) is 4. The summed E-state index contributed by atoms with van der Waals surface area (Å²) in [5.74, 6) is -3.11. The summed E-state index contributed by atoms with van der Waals surface area (Å²) >= 11 is 1.12. The normalized spacial score (nSPS) is 30.8. The summed E-state index contributed by atoms with van der Waals surface area (Å²) in [5.41, 5.74) is -0.654. The number of nitroso groups, excluding NO2 is 1. The van der Waals surface area contributed by atoms with Crippen LogP contribution in [0.15, 0.2) is 35.6 Å². The van der Waals surface area contributed by atoms with Crippen molar-refractivity contribution in [2.75, 3.05) is 5.75 Å². The number of fused-ring (bicyclic) bond motifs is 1. The first-order chi connectivity index (χ1) is 13.7. The van der Waals surface area contributed by atoms with Gasteiger partial charge in [0.05, 0.1) is 11.0 Å². The van der Waals surface area contributed by atoms with Gasteiger partial charge in [0.2, 0.25) is 0 Å². The van der Waals surface area contributed by atoms with E-state index < -0.39 is 52.7 Å². The molecule has 11 heteroatoms. The third-order valence-electron chi connectivity index (χ3n) is 5.61. The van der Waals surface area contributed by atoms with E-state index in [0.717, 1.165) is 21.7 Å². The van der Waals surface area contributed by atoms with Gasteiger partial charge in [-0.05, 0) is 19.4 Å². The predicted molar refractivity (Wildman–Crippen MR) is 101 cm³/mol. The summed E-state index contributed by atoms with van der Waals surface area (Å²) in [5, 5.41) is 12.9. The fourth-order valence-electron chi connectivity index (χ4n) is 4.29. The van der Waals surface area contributed by atoms with Crippen LogP contribution < -0.4 is 0 Å². The molecule has 3 saturated heterocycles. The molecule has 10 nitrogen and oxygen atoms in total. The second-order valence-corrected chi connectivity index (χ2v) is 8.65. The van der Waals surface area contributed by atoms with Gasteiger partial charge in [0.25, 0.3) is 11.8 Å². The number of rotatable bonds is 4. The summed E-state index contributed by atoms with van der Waals surface area (Å²) in [4.78, 5) is 63.7. The molecular formula is C18H18N4O6S. The Kier molecular flexibility index (Phi) is 4.37. The van der Waals surface area contributed by atoms with Crippen molar-refractivity contribution in [2.24, 2.45) is 5.29 Å². The number of ketones is 1. The maximum Gasteiger partial charge on any atom is 0.334 e. The van der Waals surface area contributed by atoms with Crippen molar-refractivity contribution in [2.45, 2.75) is 43.0 Å². The highest BCUT2D eigenvalue weighted by Gasteiger charge is 2.66. The number of carbonyl (C=O) groups is 4. The predicted octanol–water partition coefficient (Wildman–Crippen LogP) is 0.595. The van der Waals surface area contributed by atoms with Crippen molar-refractivity contribution in [3.05, 3.63) is 40.8 Å². The average molecular weight is 418 g/mol. The van der Waals surface area contributed by atoms with Crippen LogP contribution in [-0.4, -0.2) is 72.4 Å². The van der Waals surface area contributed by atoms with Gasteiger partial charge in [0.1, 0.15) is 17.1 Å². The molecule has 4 rings (SSSR count). The quantitative estimate of drug-likeness (QED) is 0.428. The van der Waals surface area contributed by atoms with Crippen molar-refractivity contribution in [1.82, 2.24) is 14.8 Å². The summed E-state index contributed by atoms with van der Waals surface area (Å²) in [7, 11) is 0. The number of amides is 2. The number of aliphatic carboxylic acids is 1. The Morgan fingerprint density at radius 3 is 2.41 bits per heavy atom. The Bertz CT molecular complexity index is 922. The molecule has 29 heavy (non-hydrogen) atoms. The van der Waals surface area contributed by atoms with Crippen molar-refractivity contribution in [1.29, 1.82) is 0 Å². The molecule has 3 fully saturated rings. The highest BCUT2D eigenvalue weighted by Crippen LogP contribution is 2.48. The molecule has 4 atom stereocenters. The van der Waals surface area contributed by atoms with Gasteiger partial charge >= 0.3 is 5.97 Å². The van der Waals surface area contributed by atoms with Gasteiger partial charge in [-0.3, -0.25) is 14.4 Å². The number of benzene rings is 1. The molecule has 3 unspecified atom stereocenters. The maximum absolute atomic E-state index is 13.3. The molecule has 0 aliphatic carbocycles. The highest BCUT2D eigenvalue weighted by molar-refractivity contribution is 8.00. The number of carbonyl (C=O) groups excluding carboxylic acids is 3. The molecule has 0 spiro atoms. The number of hydrogen-bond donors (Lipinski definition) is 1. The molecule has 1 N–H and O–H groups in total. The first-order valence-electron chi connectivity index (χ1n) is 8.92. The van der Waals surface area contributed by atoms with E-state index in [9.17, 15) is 29.2 Å². The van der Waals surface area contributed by atoms with Crippen LogP contribution in [0.5, 0.6) is 0 Å². The smallest absolute Gasteiger partial charge is 0.334 e. The van der Waals surface area contributed by atoms with Gasteiger partial charge in [0.15, 0.2) is 17.9 Å². The van der Waals surface area contributed by atoms with E-state index in [1.54, 1.807) is 44.2 Å². The Balaban J connectivity index is 1.71. The van der Waals surface area contributed by atoms with Crippen LogP contribution in [-0.2, 0) is 19.2 Å². The number of carboxylic acid groups (broad SMARTS) is 1. The summed E-state index contributed by atoms with van der Waals surface area (Å²) in [6.45, 7) is 3.22. The summed E-state index contributed by atoms with van der Waals surface area (Å²) < 4.78 is 0. The SMILES string of the molecule is CC1(C)N(N=O)C(c2ccccc2)C(=O)N1C1C(=O)N2C(C(=O)O)C(=O)CS[C@@H]12. The fraction of sp³-hybridized carbons (Fsp3) is 0.444. The monoisotopic (exact) mass is 418 g/mol. The zero-order chi connectivity index (χ0) is 21.1. The number of hydrogen-bond acceptors (Lipinski definition) is 7. The molecule has 1 aromatic carbocycles. The van der Waals surface area contributed by atoms with Gasteiger partial charge in [-0.1, -0.05) is 30.3 Å². The first kappa shape index (κ1) is 19.4. The fourth-order valence-corrected chi connectivity index (χ4v) is 5.59. The van der Waals surface area contributed by atoms with E-state index in [0.29, 0.717) is 5.56 Å².